The molecule has 0 saturated carbocycles. The molecule has 0 bridgehead atoms. The molecule has 0 fully saturated rings. The van der Waals surface area contributed by atoms with Crippen molar-refractivity contribution in [2.24, 2.45) is 5.92 Å². The van der Waals surface area contributed by atoms with E-state index in [9.17, 15) is 18.0 Å². The van der Waals surface area contributed by atoms with Gasteiger partial charge in [-0.05, 0) is 58.9 Å². The van der Waals surface area contributed by atoms with Gasteiger partial charge in [-0.1, -0.05) is 68.8 Å². The summed E-state index contributed by atoms with van der Waals surface area (Å²) in [6.07, 6.45) is -2.23. The van der Waals surface area contributed by atoms with E-state index < -0.39 is 17.7 Å². The minimum Gasteiger partial charge on any atom is -0.457 e. The highest BCUT2D eigenvalue weighted by Gasteiger charge is 2.30. The molecular formula is C26H25F3O2. The van der Waals surface area contributed by atoms with E-state index in [4.69, 9.17) is 4.74 Å². The highest BCUT2D eigenvalue weighted by Crippen LogP contribution is 2.29. The van der Waals surface area contributed by atoms with Gasteiger partial charge >= 0.3 is 12.1 Å². The second kappa shape index (κ2) is 9.82. The molecular weight excluding hydrogens is 401 g/mol. The first kappa shape index (κ1) is 22.6. The zero-order valence-electron chi connectivity index (χ0n) is 17.6. The third-order valence-electron chi connectivity index (χ3n) is 5.31. The van der Waals surface area contributed by atoms with E-state index >= 15 is 0 Å². The van der Waals surface area contributed by atoms with Gasteiger partial charge in [-0.15, -0.1) is 0 Å². The molecule has 0 heterocycles. The monoisotopic (exact) mass is 426 g/mol. The molecule has 3 aromatic carbocycles. The fraction of sp³-hybridized carbons (Fsp3) is 0.269. The van der Waals surface area contributed by atoms with Gasteiger partial charge in [0.05, 0.1) is 11.1 Å². The van der Waals surface area contributed by atoms with Crippen molar-refractivity contribution in [2.75, 3.05) is 0 Å². The summed E-state index contributed by atoms with van der Waals surface area (Å²) in [6, 6.07) is 20.2. The first-order valence-corrected chi connectivity index (χ1v) is 10.3. The Morgan fingerprint density at radius 3 is 2.10 bits per heavy atom. The average molecular weight is 426 g/mol. The Morgan fingerprint density at radius 2 is 1.52 bits per heavy atom. The number of ether oxygens (including phenoxy) is 1. The van der Waals surface area contributed by atoms with E-state index in [-0.39, 0.29) is 12.2 Å². The summed E-state index contributed by atoms with van der Waals surface area (Å²) in [5.74, 6) is 0.0694. The van der Waals surface area contributed by atoms with Crippen molar-refractivity contribution in [1.29, 1.82) is 0 Å². The Labute approximate surface area is 180 Å². The molecule has 0 N–H and O–H groups in total. The van der Waals surface area contributed by atoms with Gasteiger partial charge in [0.2, 0.25) is 0 Å². The lowest BCUT2D eigenvalue weighted by Gasteiger charge is -2.10. The van der Waals surface area contributed by atoms with Crippen LogP contribution in [-0.4, -0.2) is 5.97 Å². The van der Waals surface area contributed by atoms with Gasteiger partial charge < -0.3 is 4.74 Å². The van der Waals surface area contributed by atoms with E-state index in [0.29, 0.717) is 11.5 Å². The van der Waals surface area contributed by atoms with E-state index in [0.717, 1.165) is 36.1 Å². The normalized spacial score (nSPS) is 12.4. The van der Waals surface area contributed by atoms with Crippen LogP contribution < -0.4 is 0 Å². The average Bonchev–Trinajstić information content (AvgIpc) is 2.77. The number of benzene rings is 3. The topological polar surface area (TPSA) is 26.3 Å². The van der Waals surface area contributed by atoms with Crippen LogP contribution in [0.3, 0.4) is 0 Å². The summed E-state index contributed by atoms with van der Waals surface area (Å²) in [5.41, 5.74) is 3.20. The van der Waals surface area contributed by atoms with E-state index in [1.807, 2.05) is 12.1 Å². The largest absolute Gasteiger partial charge is 0.457 e. The van der Waals surface area contributed by atoms with Crippen molar-refractivity contribution in [3.05, 3.63) is 95.1 Å². The molecule has 1 unspecified atom stereocenters. The number of carbonyl (C=O) groups is 1. The summed E-state index contributed by atoms with van der Waals surface area (Å²) in [4.78, 5) is 12.3. The van der Waals surface area contributed by atoms with Crippen LogP contribution in [0.1, 0.15) is 47.3 Å². The molecule has 1 atom stereocenters. The molecule has 0 spiro atoms. The van der Waals surface area contributed by atoms with Crippen LogP contribution in [0.5, 0.6) is 0 Å². The molecule has 0 aliphatic heterocycles. The second-order valence-corrected chi connectivity index (χ2v) is 7.77. The van der Waals surface area contributed by atoms with Gasteiger partial charge in [0.1, 0.15) is 6.61 Å². The molecule has 0 aliphatic rings. The smallest absolute Gasteiger partial charge is 0.416 e. The van der Waals surface area contributed by atoms with E-state index in [2.05, 4.69) is 38.1 Å². The van der Waals surface area contributed by atoms with Crippen molar-refractivity contribution in [2.45, 2.75) is 39.5 Å². The van der Waals surface area contributed by atoms with Crippen molar-refractivity contribution >= 4 is 5.97 Å². The first-order chi connectivity index (χ1) is 14.8. The maximum atomic E-state index is 12.8. The van der Waals surface area contributed by atoms with Crippen LogP contribution in [0.25, 0.3) is 11.1 Å². The maximum absolute atomic E-state index is 12.8. The van der Waals surface area contributed by atoms with Crippen molar-refractivity contribution in [3.8, 4) is 11.1 Å². The van der Waals surface area contributed by atoms with Crippen LogP contribution in [-0.2, 0) is 23.9 Å². The van der Waals surface area contributed by atoms with Gasteiger partial charge in [0.15, 0.2) is 0 Å². The first-order valence-electron chi connectivity index (χ1n) is 10.3. The fourth-order valence-corrected chi connectivity index (χ4v) is 3.25. The number of hydrogen-bond acceptors (Lipinski definition) is 2. The van der Waals surface area contributed by atoms with Gasteiger partial charge in [-0.2, -0.15) is 13.2 Å². The maximum Gasteiger partial charge on any atom is 0.416 e. The zero-order valence-corrected chi connectivity index (χ0v) is 17.6. The molecule has 0 radical (unpaired) electrons. The van der Waals surface area contributed by atoms with Crippen LogP contribution in [0, 0.1) is 5.92 Å². The van der Waals surface area contributed by atoms with Crippen LogP contribution in [0.4, 0.5) is 13.2 Å². The predicted octanol–water partition coefficient (Wildman–Crippen LogP) is 7.32. The Bertz CT molecular complexity index is 1010. The minimum absolute atomic E-state index is 0.220. The van der Waals surface area contributed by atoms with E-state index in [1.165, 1.54) is 17.7 Å². The van der Waals surface area contributed by atoms with Crippen molar-refractivity contribution in [3.63, 3.8) is 0 Å². The summed E-state index contributed by atoms with van der Waals surface area (Å²) >= 11 is 0. The third-order valence-corrected chi connectivity index (χ3v) is 5.31. The van der Waals surface area contributed by atoms with Gasteiger partial charge in [-0.3, -0.25) is 0 Å². The number of esters is 1. The molecule has 0 aromatic heterocycles. The molecule has 0 saturated heterocycles. The predicted molar refractivity (Wildman–Crippen MR) is 116 cm³/mol. The lowest BCUT2D eigenvalue weighted by atomic mass is 9.96. The second-order valence-electron chi connectivity index (χ2n) is 7.77. The van der Waals surface area contributed by atoms with Gasteiger partial charge in [-0.25, -0.2) is 4.79 Å². The van der Waals surface area contributed by atoms with Gasteiger partial charge in [0, 0.05) is 0 Å². The van der Waals surface area contributed by atoms with Crippen molar-refractivity contribution in [1.82, 2.24) is 0 Å². The summed E-state index contributed by atoms with van der Waals surface area (Å²) in [7, 11) is 0. The Hall–Kier alpha value is -3.08. The molecule has 5 heteroatoms. The Morgan fingerprint density at radius 1 is 0.903 bits per heavy atom. The molecule has 162 valence electrons. The number of alkyl halides is 3. The standard InChI is InChI=1S/C26H25F3O2/c1-3-18(2)15-19-7-9-21(10-8-19)22-11-13-23(14-12-22)25(30)31-17-20-5-4-6-24(16-20)26(27,28)29/h4-14,16,18H,3,15,17H2,1-2H3. The lowest BCUT2D eigenvalue weighted by molar-refractivity contribution is -0.137. The highest BCUT2D eigenvalue weighted by molar-refractivity contribution is 5.90. The van der Waals surface area contributed by atoms with Crippen LogP contribution in [0.15, 0.2) is 72.8 Å². The molecule has 3 aromatic rings. The highest BCUT2D eigenvalue weighted by atomic mass is 19.4. The SMILES string of the molecule is CCC(C)Cc1ccc(-c2ccc(C(=O)OCc3cccc(C(F)(F)F)c3)cc2)cc1. The third kappa shape index (κ3) is 6.20. The molecule has 0 aliphatic carbocycles. The number of rotatable bonds is 7. The Kier molecular flexibility index (Phi) is 7.16. The van der Waals surface area contributed by atoms with Crippen molar-refractivity contribution < 1.29 is 22.7 Å². The fourth-order valence-electron chi connectivity index (χ4n) is 3.25. The molecule has 3 rings (SSSR count). The minimum atomic E-state index is -4.43. The summed E-state index contributed by atoms with van der Waals surface area (Å²) in [6.45, 7) is 4.20. The van der Waals surface area contributed by atoms with E-state index in [1.54, 1.807) is 12.1 Å². The molecule has 2 nitrogen and oxygen atoms in total. The Balaban J connectivity index is 1.61. The van der Waals surface area contributed by atoms with Crippen LogP contribution >= 0.6 is 0 Å². The van der Waals surface area contributed by atoms with Crippen LogP contribution in [0.2, 0.25) is 0 Å². The number of carbonyl (C=O) groups excluding carboxylic acids is 1. The summed E-state index contributed by atoms with van der Waals surface area (Å²) in [5, 5.41) is 0. The number of halogens is 3. The molecule has 0 amide bonds. The zero-order chi connectivity index (χ0) is 22.4. The van der Waals surface area contributed by atoms with Gasteiger partial charge in [0.25, 0.3) is 0 Å². The summed E-state index contributed by atoms with van der Waals surface area (Å²) < 4.78 is 43.6. The lowest BCUT2D eigenvalue weighted by Crippen LogP contribution is -2.08. The number of hydrogen-bond donors (Lipinski definition) is 0. The molecule has 31 heavy (non-hydrogen) atoms. The quantitative estimate of drug-likeness (QED) is 0.370.